The van der Waals surface area contributed by atoms with Crippen LogP contribution in [-0.2, 0) is 59.4 Å². The maximum Gasteiger partial charge on any atom is 0.388 e. The molecule has 8 N–H and O–H groups in total. The van der Waals surface area contributed by atoms with Gasteiger partial charge in [-0.05, 0) is 97.6 Å². The van der Waals surface area contributed by atoms with Crippen LogP contribution in [-0.4, -0.2) is 189 Å². The molecule has 1 atom stereocenters. The highest BCUT2D eigenvalue weighted by Gasteiger charge is 2.40. The molecule has 7 amide bonds. The van der Waals surface area contributed by atoms with Crippen LogP contribution in [0.1, 0.15) is 58.9 Å². The van der Waals surface area contributed by atoms with Crippen molar-refractivity contribution in [1.82, 2.24) is 44.6 Å². The normalized spacial score (nSPS) is 13.2. The lowest BCUT2D eigenvalue weighted by Crippen LogP contribution is -2.36. The van der Waals surface area contributed by atoms with Gasteiger partial charge in [0.1, 0.15) is 17.5 Å². The Balaban J connectivity index is 0.000000348. The number of methoxy groups -OCH3 is 2. The van der Waals surface area contributed by atoms with Gasteiger partial charge in [-0.3, -0.25) is 35.1 Å². The second-order valence-corrected chi connectivity index (χ2v) is 27.4. The molecule has 1 unspecified atom stereocenters. The van der Waals surface area contributed by atoms with Crippen LogP contribution in [0.25, 0.3) is 6.08 Å². The molecule has 1 aliphatic heterocycles. The molecular weight excluding hydrogens is 1440 g/mol. The van der Waals surface area contributed by atoms with E-state index in [0.717, 1.165) is 25.0 Å². The number of hydrogen-bond acceptors (Lipinski definition) is 25. The first-order valence-corrected chi connectivity index (χ1v) is 35.0. The molecule has 7 rings (SSSR count). The Bertz CT molecular complexity index is 4010. The maximum atomic E-state index is 12.7. The third-order valence-corrected chi connectivity index (χ3v) is 15.0. The van der Waals surface area contributed by atoms with E-state index in [0.29, 0.717) is 57.2 Å². The minimum Gasteiger partial charge on any atom is -0.778 e. The Kier molecular flexibility index (Phi) is 32.6. The van der Waals surface area contributed by atoms with Crippen molar-refractivity contribution in [1.29, 1.82) is 0 Å². The number of amides is 7. The summed E-state index contributed by atoms with van der Waals surface area (Å²) in [6, 6.07) is 10.9. The van der Waals surface area contributed by atoms with Crippen molar-refractivity contribution in [3.05, 3.63) is 111 Å². The summed E-state index contributed by atoms with van der Waals surface area (Å²) in [5, 5.41) is 22.5. The third-order valence-electron chi connectivity index (χ3n) is 11.1. The van der Waals surface area contributed by atoms with Gasteiger partial charge in [-0.2, -0.15) is 45.9 Å². The predicted octanol–water partition coefficient (Wildman–Crippen LogP) is 4.87. The predicted molar refractivity (Wildman–Crippen MR) is 340 cm³/mol. The summed E-state index contributed by atoms with van der Waals surface area (Å²) >= 11 is 12.1. The Labute approximate surface area is 568 Å². The van der Waals surface area contributed by atoms with Gasteiger partial charge < -0.3 is 53.1 Å². The molecule has 0 bridgehead atoms. The summed E-state index contributed by atoms with van der Waals surface area (Å²) < 4.78 is 135. The molecule has 4 heterocycles. The fourth-order valence-corrected chi connectivity index (χ4v) is 10.3. The zero-order chi connectivity index (χ0) is 74.0. The van der Waals surface area contributed by atoms with E-state index >= 15 is 0 Å². The lowest BCUT2D eigenvalue weighted by Gasteiger charge is -2.16. The van der Waals surface area contributed by atoms with Crippen molar-refractivity contribution in [2.45, 2.75) is 55.8 Å². The number of carbonyl (C=O) groups is 8. The van der Waals surface area contributed by atoms with Crippen LogP contribution < -0.4 is 54.1 Å². The largest absolute Gasteiger partial charge is 0.778 e. The topological polar surface area (TPSA) is 483 Å². The number of imide groups is 1. The van der Waals surface area contributed by atoms with Crippen molar-refractivity contribution in [3.8, 4) is 23.5 Å². The monoisotopic (exact) mass is 1500 g/mol. The number of hydrogen-bond donors (Lipinski definition) is 8. The highest BCUT2D eigenvalue weighted by molar-refractivity contribution is 7.94. The van der Waals surface area contributed by atoms with Crippen LogP contribution in [0, 0.1) is 0 Å². The lowest BCUT2D eigenvalue weighted by atomic mass is 9.93. The smallest absolute Gasteiger partial charge is 0.388 e. The van der Waals surface area contributed by atoms with E-state index in [9.17, 15) is 82.2 Å². The first-order chi connectivity index (χ1) is 45.7. The van der Waals surface area contributed by atoms with Gasteiger partial charge in [0, 0.05) is 36.5 Å². The Morgan fingerprint density at radius 2 is 1.24 bits per heavy atom. The number of carboxylic acids is 2. The van der Waals surface area contributed by atoms with E-state index < -0.39 is 123 Å². The molecule has 0 fully saturated rings. The van der Waals surface area contributed by atoms with Crippen LogP contribution in [0.4, 0.5) is 44.7 Å². The number of nitrogens with zero attached hydrogens (tertiary/aromatic N) is 7. The first-order valence-electron chi connectivity index (χ1n) is 27.1. The number of aromatic nitrogens is 5. The van der Waals surface area contributed by atoms with Crippen LogP contribution in [0.3, 0.4) is 0 Å². The number of alkyl halides is 4. The van der Waals surface area contributed by atoms with Crippen LogP contribution in [0.15, 0.2) is 99.0 Å². The van der Waals surface area contributed by atoms with E-state index in [1.807, 2.05) is 5.32 Å². The molecule has 534 valence electrons. The fourth-order valence-electron chi connectivity index (χ4n) is 7.37. The average molecular weight is 1500 g/mol. The number of esters is 1. The Morgan fingerprint density at radius 3 is 1.70 bits per heavy atom. The zero-order valence-corrected chi connectivity index (χ0v) is 57.1. The molecule has 0 radical (unpaired) electrons. The molecule has 0 saturated heterocycles. The molecule has 1 aliphatic carbocycles. The number of aliphatic carboxylic acids is 1. The molecule has 98 heavy (non-hydrogen) atoms. The summed E-state index contributed by atoms with van der Waals surface area (Å²) in [6.07, 6.45) is 11.5. The Morgan fingerprint density at radius 1 is 0.765 bits per heavy atom. The second-order valence-electron chi connectivity index (χ2n) is 19.2. The summed E-state index contributed by atoms with van der Waals surface area (Å²) in [5.74, 6) is -7.51. The summed E-state index contributed by atoms with van der Waals surface area (Å²) in [5.41, 5.74) is 1.21. The standard InChI is InChI=1S/C19H17Cl2NO4.C15H18N6O6S.C14H10F4N4O7S.C3H8NO5P.C3H9S/c1-2-26-19(25)16(21)10-11-9-12(7-8-15(11)20)22-17(23)13-5-3-4-6-14(13)18(22)24;1-21(2)13(22)9-6-5-7-16-12(9)28(24,25)20-15(23)19-14-17-10(26-3)8-11(18-14)27-4;15-11(16)28-8-5-9(29-12(17)18)20-13(19-8)21-14(25)22-30(26,27)7-4-2-1-3-6(7)10(23)24;5-3(6)1-4-2-10(7,8)9;1-4(2)3/h7-10H,2-6H2,1H3;5-8H,1-4H3,(H2,17,18,19,20,23);1-5,11-12H,(H,23,24)(H2,19,20,21,22,25);4H,1-2H2,(H,5,6)(H2,7,8,9);1-3H3/q;;;;+1/p-1/b16-10-;;;;. The van der Waals surface area contributed by atoms with Crippen LogP contribution in [0.5, 0.6) is 23.5 Å². The van der Waals surface area contributed by atoms with Crippen molar-refractivity contribution < 1.29 is 121 Å². The van der Waals surface area contributed by atoms with Crippen molar-refractivity contribution in [3.63, 3.8) is 0 Å². The number of pyridine rings is 1. The van der Waals surface area contributed by atoms with Crippen LogP contribution in [0.2, 0.25) is 5.02 Å². The molecule has 2 aromatic carbocycles. The number of ether oxygens (including phenoxy) is 5. The van der Waals surface area contributed by atoms with Crippen LogP contribution >= 0.6 is 30.8 Å². The third kappa shape index (κ3) is 27.3. The number of anilines is 3. The first kappa shape index (κ1) is 82.9. The fraction of sp³-hybridized carbons (Fsp3) is 0.315. The number of sulfonamides is 2. The number of carboxylic acid groups (broad SMARTS) is 2. The van der Waals surface area contributed by atoms with E-state index in [1.54, 1.807) is 35.2 Å². The quantitative estimate of drug-likeness (QED) is 0.0114. The molecule has 0 spiro atoms. The molecule has 2 aliphatic rings. The van der Waals surface area contributed by atoms with Gasteiger partial charge in [0.25, 0.3) is 37.8 Å². The molecule has 5 aromatic rings. The summed E-state index contributed by atoms with van der Waals surface area (Å²) in [4.78, 5) is 132. The van der Waals surface area contributed by atoms with E-state index in [-0.39, 0.29) is 46.7 Å². The highest BCUT2D eigenvalue weighted by Crippen LogP contribution is 2.37. The van der Waals surface area contributed by atoms with E-state index in [4.69, 9.17) is 52.5 Å². The van der Waals surface area contributed by atoms with Gasteiger partial charge in [0.2, 0.25) is 35.4 Å². The Hall–Kier alpha value is -9.35. The van der Waals surface area contributed by atoms with E-state index in [1.165, 1.54) is 85.4 Å². The summed E-state index contributed by atoms with van der Waals surface area (Å²) in [6.45, 7) is -5.42. The van der Waals surface area contributed by atoms with Gasteiger partial charge in [0.05, 0.1) is 81.4 Å². The number of nitrogens with one attached hydrogen (secondary N) is 5. The van der Waals surface area contributed by atoms with Crippen molar-refractivity contribution in [2.24, 2.45) is 0 Å². The molecule has 3 aromatic heterocycles. The van der Waals surface area contributed by atoms with Gasteiger partial charge >= 0.3 is 43.2 Å². The molecule has 44 heteroatoms. The van der Waals surface area contributed by atoms with Crippen molar-refractivity contribution >= 4 is 133 Å². The number of rotatable bonds is 22. The molecule has 0 saturated carbocycles. The molecular formula is C54H61Cl2F4N12O22PS3. The zero-order valence-electron chi connectivity index (χ0n) is 52.3. The number of urea groups is 2. The number of carbonyl (C=O) groups excluding carboxylic acids is 6. The number of aromatic carboxylic acids is 1. The summed E-state index contributed by atoms with van der Waals surface area (Å²) in [7, 11) is -7.27. The van der Waals surface area contributed by atoms with Crippen molar-refractivity contribution in [2.75, 3.05) is 82.1 Å². The minimum absolute atomic E-state index is 0.0913. The number of benzene rings is 2. The SMILES string of the molecule is CCOC(=O)/C(Cl)=C/c1cc(N2C(=O)C3=C(CCCC3)C2=O)ccc1Cl.COc1cc(OC)nc(NC(=O)NS(=O)(=O)c2ncccc2C(=O)N(C)C)n1.C[S+](C)C.O=C(Nc1nc(OC(F)F)cc(OC(F)F)n1)NS(=O)(=O)c1ccccc1C(=O)O.O=C(O)CNCP(=O)([O-])O. The van der Waals surface area contributed by atoms with E-state index in [2.05, 4.69) is 58.5 Å². The number of halogens is 6. The second kappa shape index (κ2) is 38.6. The maximum absolute atomic E-state index is 12.7. The van der Waals surface area contributed by atoms with Gasteiger partial charge in [-0.25, -0.2) is 46.9 Å². The van der Waals surface area contributed by atoms with Gasteiger partial charge in [0.15, 0.2) is 5.03 Å². The highest BCUT2D eigenvalue weighted by atomic mass is 35.5. The van der Waals surface area contributed by atoms with Gasteiger partial charge in [-0.1, -0.05) is 35.3 Å². The molecule has 34 nitrogen and oxygen atoms in total. The lowest BCUT2D eigenvalue weighted by molar-refractivity contribution is -0.193. The average Bonchev–Trinajstić information content (AvgIpc) is 1.51. The minimum atomic E-state index is -4.71. The van der Waals surface area contributed by atoms with Gasteiger partial charge in [-0.15, -0.1) is 0 Å².